The van der Waals surface area contributed by atoms with Crippen LogP contribution in [0.25, 0.3) is 0 Å². The highest BCUT2D eigenvalue weighted by Crippen LogP contribution is 2.23. The van der Waals surface area contributed by atoms with E-state index in [-0.39, 0.29) is 18.2 Å². The highest BCUT2D eigenvalue weighted by molar-refractivity contribution is 5.85. The molecule has 0 amide bonds. The molecule has 5 heteroatoms. The van der Waals surface area contributed by atoms with Crippen molar-refractivity contribution in [2.45, 2.75) is 44.8 Å². The predicted octanol–water partition coefficient (Wildman–Crippen LogP) is 4.07. The lowest BCUT2D eigenvalue weighted by Gasteiger charge is -2.15. The molecular formula is C18H23ClFN3. The maximum Gasteiger partial charge on any atom is 0.126 e. The Kier molecular flexibility index (Phi) is 6.37. The maximum absolute atomic E-state index is 12.9. The lowest BCUT2D eigenvalue weighted by atomic mass is 10.2. The molecule has 1 aromatic carbocycles. The molecule has 1 fully saturated rings. The van der Waals surface area contributed by atoms with Gasteiger partial charge in [-0.15, -0.1) is 12.4 Å². The first-order valence-corrected chi connectivity index (χ1v) is 7.87. The van der Waals surface area contributed by atoms with Crippen LogP contribution < -0.4 is 10.6 Å². The quantitative estimate of drug-likeness (QED) is 0.864. The summed E-state index contributed by atoms with van der Waals surface area (Å²) in [6, 6.07) is 13.7. The maximum atomic E-state index is 12.9. The Morgan fingerprint density at radius 1 is 1.09 bits per heavy atom. The topological polar surface area (TPSA) is 37.0 Å². The van der Waals surface area contributed by atoms with Crippen LogP contribution in [0.2, 0.25) is 0 Å². The zero-order valence-electron chi connectivity index (χ0n) is 13.3. The van der Waals surface area contributed by atoms with Crippen LogP contribution in [-0.2, 0) is 6.54 Å². The van der Waals surface area contributed by atoms with Gasteiger partial charge in [0.2, 0.25) is 0 Å². The van der Waals surface area contributed by atoms with Gasteiger partial charge >= 0.3 is 0 Å². The van der Waals surface area contributed by atoms with Crippen molar-refractivity contribution in [2.24, 2.45) is 0 Å². The van der Waals surface area contributed by atoms with E-state index in [1.165, 1.54) is 12.1 Å². The smallest absolute Gasteiger partial charge is 0.126 e. The van der Waals surface area contributed by atoms with Crippen molar-refractivity contribution in [3.8, 4) is 0 Å². The Hall–Kier alpha value is -1.65. The summed E-state index contributed by atoms with van der Waals surface area (Å²) in [4.78, 5) is 4.50. The van der Waals surface area contributed by atoms with Crippen molar-refractivity contribution < 1.29 is 4.39 Å². The first-order valence-electron chi connectivity index (χ1n) is 7.87. The number of nitrogens with one attached hydrogen (secondary N) is 2. The number of nitrogens with zero attached hydrogens (tertiary/aromatic N) is 1. The second-order valence-corrected chi connectivity index (χ2v) is 6.02. The molecule has 1 aliphatic rings. The van der Waals surface area contributed by atoms with Gasteiger partial charge in [0.05, 0.1) is 0 Å². The number of pyridine rings is 1. The number of aromatic nitrogens is 1. The number of benzene rings is 1. The lowest BCUT2D eigenvalue weighted by Crippen LogP contribution is -2.27. The monoisotopic (exact) mass is 335 g/mol. The van der Waals surface area contributed by atoms with E-state index >= 15 is 0 Å². The number of hydrogen-bond donors (Lipinski definition) is 2. The Balaban J connectivity index is 0.00000192. The van der Waals surface area contributed by atoms with Gasteiger partial charge in [-0.05, 0) is 56.0 Å². The van der Waals surface area contributed by atoms with E-state index in [4.69, 9.17) is 0 Å². The zero-order valence-corrected chi connectivity index (χ0v) is 14.1. The van der Waals surface area contributed by atoms with Crippen molar-refractivity contribution >= 4 is 18.2 Å². The molecule has 0 radical (unpaired) electrons. The fourth-order valence-corrected chi connectivity index (χ4v) is 3.00. The molecule has 23 heavy (non-hydrogen) atoms. The van der Waals surface area contributed by atoms with Crippen molar-refractivity contribution in [1.82, 2.24) is 10.3 Å². The molecule has 2 atom stereocenters. The Labute approximate surface area is 143 Å². The third kappa shape index (κ3) is 5.19. The normalized spacial score (nSPS) is 20.1. The van der Waals surface area contributed by atoms with E-state index in [0.29, 0.717) is 12.1 Å². The van der Waals surface area contributed by atoms with Gasteiger partial charge in [-0.2, -0.15) is 0 Å². The average Bonchev–Trinajstić information content (AvgIpc) is 2.94. The first-order chi connectivity index (χ1) is 10.7. The van der Waals surface area contributed by atoms with E-state index in [2.05, 4.69) is 15.6 Å². The molecule has 1 aromatic heterocycles. The van der Waals surface area contributed by atoms with E-state index in [0.717, 1.165) is 42.9 Å². The van der Waals surface area contributed by atoms with Gasteiger partial charge < -0.3 is 10.6 Å². The first kappa shape index (κ1) is 17.7. The molecule has 1 aliphatic carbocycles. The fourth-order valence-electron chi connectivity index (χ4n) is 3.00. The minimum Gasteiger partial charge on any atom is -0.367 e. The summed E-state index contributed by atoms with van der Waals surface area (Å²) in [6.07, 6.45) is 3.40. The number of aryl methyl sites for hydroxylation is 1. The van der Waals surface area contributed by atoms with Crippen molar-refractivity contribution in [2.75, 3.05) is 5.32 Å². The van der Waals surface area contributed by atoms with Crippen LogP contribution in [0, 0.1) is 12.7 Å². The van der Waals surface area contributed by atoms with Crippen LogP contribution in [-0.4, -0.2) is 17.1 Å². The standard InChI is InChI=1S/C18H22FN3.ClH/c1-13-3-2-4-18(21-13)22-17-10-9-16(11-17)20-12-14-5-7-15(19)8-6-14;/h2-8,16-17,20H,9-12H2,1H3,(H,21,22);1H/t16-,17+;/m1./s1. The van der Waals surface area contributed by atoms with Crippen LogP contribution in [0.4, 0.5) is 10.2 Å². The van der Waals surface area contributed by atoms with Gasteiger partial charge in [-0.1, -0.05) is 18.2 Å². The molecule has 2 aromatic rings. The van der Waals surface area contributed by atoms with E-state index < -0.39 is 0 Å². The van der Waals surface area contributed by atoms with Crippen LogP contribution in [0.15, 0.2) is 42.5 Å². The van der Waals surface area contributed by atoms with Gasteiger partial charge in [0.15, 0.2) is 0 Å². The number of hydrogen-bond acceptors (Lipinski definition) is 3. The van der Waals surface area contributed by atoms with Gasteiger partial charge in [-0.25, -0.2) is 9.37 Å². The summed E-state index contributed by atoms with van der Waals surface area (Å²) in [5, 5.41) is 7.08. The lowest BCUT2D eigenvalue weighted by molar-refractivity contribution is 0.519. The third-order valence-electron chi connectivity index (χ3n) is 4.18. The minimum absolute atomic E-state index is 0. The van der Waals surface area contributed by atoms with Crippen LogP contribution >= 0.6 is 12.4 Å². The van der Waals surface area contributed by atoms with Gasteiger partial charge in [-0.3, -0.25) is 0 Å². The van der Waals surface area contributed by atoms with Gasteiger partial charge in [0.1, 0.15) is 11.6 Å². The molecule has 3 nitrogen and oxygen atoms in total. The molecule has 0 bridgehead atoms. The molecule has 1 heterocycles. The predicted molar refractivity (Wildman–Crippen MR) is 94.5 cm³/mol. The van der Waals surface area contributed by atoms with Crippen LogP contribution in [0.3, 0.4) is 0 Å². The molecule has 0 aliphatic heterocycles. The fraction of sp³-hybridized carbons (Fsp3) is 0.389. The molecule has 3 rings (SSSR count). The summed E-state index contributed by atoms with van der Waals surface area (Å²) < 4.78 is 12.9. The molecule has 1 saturated carbocycles. The van der Waals surface area contributed by atoms with Crippen molar-refractivity contribution in [3.63, 3.8) is 0 Å². The summed E-state index contributed by atoms with van der Waals surface area (Å²) in [6.45, 7) is 2.80. The van der Waals surface area contributed by atoms with Crippen LogP contribution in [0.5, 0.6) is 0 Å². The summed E-state index contributed by atoms with van der Waals surface area (Å²) in [5.74, 6) is 0.781. The minimum atomic E-state index is -0.181. The Morgan fingerprint density at radius 2 is 1.83 bits per heavy atom. The summed E-state index contributed by atoms with van der Waals surface area (Å²) >= 11 is 0. The highest BCUT2D eigenvalue weighted by atomic mass is 35.5. The number of halogens is 2. The Morgan fingerprint density at radius 3 is 2.57 bits per heavy atom. The second-order valence-electron chi connectivity index (χ2n) is 6.02. The van der Waals surface area contributed by atoms with E-state index in [1.54, 1.807) is 0 Å². The Bertz CT molecular complexity index is 618. The molecule has 0 spiro atoms. The molecule has 0 saturated heterocycles. The second kappa shape index (κ2) is 8.27. The SMILES string of the molecule is Cc1cccc(N[C@H]2CC[C@@H](NCc3ccc(F)cc3)C2)n1.Cl. The molecular weight excluding hydrogens is 313 g/mol. The van der Waals surface area contributed by atoms with Gasteiger partial charge in [0, 0.05) is 24.3 Å². The van der Waals surface area contributed by atoms with Crippen LogP contribution in [0.1, 0.15) is 30.5 Å². The highest BCUT2D eigenvalue weighted by Gasteiger charge is 2.24. The largest absolute Gasteiger partial charge is 0.367 e. The third-order valence-corrected chi connectivity index (χ3v) is 4.18. The number of rotatable bonds is 5. The van der Waals surface area contributed by atoms with E-state index in [9.17, 15) is 4.39 Å². The average molecular weight is 336 g/mol. The summed E-state index contributed by atoms with van der Waals surface area (Å²) in [5.41, 5.74) is 2.16. The molecule has 124 valence electrons. The summed E-state index contributed by atoms with van der Waals surface area (Å²) in [7, 11) is 0. The molecule has 2 N–H and O–H groups in total. The zero-order chi connectivity index (χ0) is 15.4. The molecule has 0 unspecified atom stereocenters. The van der Waals surface area contributed by atoms with Crippen molar-refractivity contribution in [3.05, 3.63) is 59.5 Å². The number of anilines is 1. The van der Waals surface area contributed by atoms with Gasteiger partial charge in [0.25, 0.3) is 0 Å². The van der Waals surface area contributed by atoms with Crippen molar-refractivity contribution in [1.29, 1.82) is 0 Å². The van der Waals surface area contributed by atoms with E-state index in [1.807, 2.05) is 37.3 Å².